The number of nitriles is 1. The van der Waals surface area contributed by atoms with Crippen LogP contribution in [0.2, 0.25) is 0 Å². The van der Waals surface area contributed by atoms with Crippen LogP contribution in [0.3, 0.4) is 0 Å². The maximum absolute atomic E-state index is 13.2. The first-order chi connectivity index (χ1) is 11.6. The third-order valence-electron chi connectivity index (χ3n) is 3.81. The summed E-state index contributed by atoms with van der Waals surface area (Å²) >= 11 is 0. The van der Waals surface area contributed by atoms with Gasteiger partial charge >= 0.3 is 0 Å². The zero-order valence-corrected chi connectivity index (χ0v) is 12.6. The summed E-state index contributed by atoms with van der Waals surface area (Å²) in [5, 5.41) is 16.4. The fraction of sp³-hybridized carbons (Fsp3) is 0.333. The maximum Gasteiger partial charge on any atom is 0.254 e. The number of carbonyl (C=O) groups excluding carboxylic acids is 1. The molecule has 3 heterocycles. The Morgan fingerprint density at radius 1 is 1.58 bits per heavy atom. The average Bonchev–Trinajstić information content (AvgIpc) is 2.98. The van der Waals surface area contributed by atoms with Gasteiger partial charge < -0.3 is 15.8 Å². The van der Waals surface area contributed by atoms with Gasteiger partial charge in [0.1, 0.15) is 5.56 Å². The van der Waals surface area contributed by atoms with Gasteiger partial charge in [-0.05, 0) is 12.5 Å². The molecule has 8 nitrogen and oxygen atoms in total. The Bertz CT molecular complexity index is 800. The molecule has 2 unspecified atom stereocenters. The number of pyridine rings is 1. The van der Waals surface area contributed by atoms with Gasteiger partial charge in [0, 0.05) is 30.8 Å². The second kappa shape index (κ2) is 6.64. The molecule has 0 spiro atoms. The lowest BCUT2D eigenvalue weighted by Gasteiger charge is -2.26. The molecular weight excluding hydrogens is 315 g/mol. The molecule has 0 radical (unpaired) electrons. The molecule has 1 aliphatic heterocycles. The first-order valence-electron chi connectivity index (χ1n) is 7.33. The van der Waals surface area contributed by atoms with Gasteiger partial charge in [-0.15, -0.1) is 0 Å². The molecule has 9 heteroatoms. The zero-order chi connectivity index (χ0) is 17.1. The lowest BCUT2D eigenvalue weighted by Crippen LogP contribution is -2.29. The SMILES string of the molecule is N#CC1COCCC1n1cc(C(N)=O)c(Nc2ccnc(F)c2)n1. The molecule has 1 aliphatic rings. The predicted molar refractivity (Wildman–Crippen MR) is 81.8 cm³/mol. The number of carbonyl (C=O) groups is 1. The molecule has 1 fully saturated rings. The number of primary amides is 1. The lowest BCUT2D eigenvalue weighted by atomic mass is 9.97. The van der Waals surface area contributed by atoms with Crippen LogP contribution in [-0.4, -0.2) is 33.9 Å². The van der Waals surface area contributed by atoms with Crippen LogP contribution in [0.15, 0.2) is 24.5 Å². The fourth-order valence-corrected chi connectivity index (χ4v) is 2.62. The van der Waals surface area contributed by atoms with E-state index in [1.54, 1.807) is 10.7 Å². The third-order valence-corrected chi connectivity index (χ3v) is 3.81. The van der Waals surface area contributed by atoms with Crippen molar-refractivity contribution in [3.05, 3.63) is 36.0 Å². The topological polar surface area (TPSA) is 119 Å². The van der Waals surface area contributed by atoms with Gasteiger partial charge in [-0.1, -0.05) is 0 Å². The Morgan fingerprint density at radius 2 is 2.42 bits per heavy atom. The molecule has 0 aliphatic carbocycles. The fourth-order valence-electron chi connectivity index (χ4n) is 2.62. The summed E-state index contributed by atoms with van der Waals surface area (Å²) in [7, 11) is 0. The molecule has 2 aromatic heterocycles. The van der Waals surface area contributed by atoms with Crippen LogP contribution in [0.1, 0.15) is 22.8 Å². The molecule has 2 atom stereocenters. The van der Waals surface area contributed by atoms with Crippen molar-refractivity contribution in [3.8, 4) is 6.07 Å². The van der Waals surface area contributed by atoms with Crippen LogP contribution >= 0.6 is 0 Å². The number of halogens is 1. The van der Waals surface area contributed by atoms with Crippen molar-refractivity contribution in [2.75, 3.05) is 18.5 Å². The Labute approximate surface area is 137 Å². The number of nitrogens with one attached hydrogen (secondary N) is 1. The molecule has 1 saturated heterocycles. The number of hydrogen-bond donors (Lipinski definition) is 2. The largest absolute Gasteiger partial charge is 0.380 e. The number of anilines is 2. The van der Waals surface area contributed by atoms with Gasteiger partial charge in [0.05, 0.1) is 24.6 Å². The Balaban J connectivity index is 1.93. The molecule has 3 N–H and O–H groups in total. The minimum absolute atomic E-state index is 0.162. The van der Waals surface area contributed by atoms with Crippen molar-refractivity contribution >= 4 is 17.4 Å². The lowest BCUT2D eigenvalue weighted by molar-refractivity contribution is 0.0385. The average molecular weight is 330 g/mol. The van der Waals surface area contributed by atoms with Crippen LogP contribution in [0.25, 0.3) is 0 Å². The highest BCUT2D eigenvalue weighted by Crippen LogP contribution is 2.29. The molecule has 2 aromatic rings. The summed E-state index contributed by atoms with van der Waals surface area (Å²) in [5.74, 6) is -1.49. The highest BCUT2D eigenvalue weighted by molar-refractivity contribution is 5.98. The Hall–Kier alpha value is -2.99. The first kappa shape index (κ1) is 15.9. The molecule has 0 bridgehead atoms. The van der Waals surface area contributed by atoms with Crippen LogP contribution < -0.4 is 11.1 Å². The smallest absolute Gasteiger partial charge is 0.254 e. The normalized spacial score (nSPS) is 20.3. The van der Waals surface area contributed by atoms with E-state index in [1.165, 1.54) is 18.5 Å². The summed E-state index contributed by atoms with van der Waals surface area (Å²) in [5.41, 5.74) is 5.95. The van der Waals surface area contributed by atoms with Crippen LogP contribution in [0.4, 0.5) is 15.9 Å². The number of hydrogen-bond acceptors (Lipinski definition) is 6. The van der Waals surface area contributed by atoms with Crippen molar-refractivity contribution in [3.63, 3.8) is 0 Å². The van der Waals surface area contributed by atoms with Crippen LogP contribution in [0.5, 0.6) is 0 Å². The molecule has 124 valence electrons. The van der Waals surface area contributed by atoms with Gasteiger partial charge in [-0.25, -0.2) is 4.98 Å². The number of rotatable bonds is 4. The molecule has 3 rings (SSSR count). The zero-order valence-electron chi connectivity index (χ0n) is 12.6. The Morgan fingerprint density at radius 3 is 3.12 bits per heavy atom. The maximum atomic E-state index is 13.2. The second-order valence-electron chi connectivity index (χ2n) is 5.39. The molecule has 0 saturated carbocycles. The standard InChI is InChI=1S/C15H15FN6O2/c16-13-5-10(1-3-19-13)20-15-11(14(18)23)7-22(21-15)12-2-4-24-8-9(12)6-17/h1,3,5,7,9,12H,2,4,8H2,(H2,18,23)(H,19,20,21). The number of amides is 1. The molecular formula is C15H15FN6O2. The van der Waals surface area contributed by atoms with E-state index in [4.69, 9.17) is 10.5 Å². The van der Waals surface area contributed by atoms with Crippen molar-refractivity contribution < 1.29 is 13.9 Å². The summed E-state index contributed by atoms with van der Waals surface area (Å²) in [6, 6.07) is 4.69. The van der Waals surface area contributed by atoms with Crippen molar-refractivity contribution in [2.24, 2.45) is 11.7 Å². The predicted octanol–water partition coefficient (Wildman–Crippen LogP) is 1.36. The number of nitrogens with zero attached hydrogens (tertiary/aromatic N) is 4. The first-order valence-corrected chi connectivity index (χ1v) is 7.33. The molecule has 1 amide bonds. The van der Waals surface area contributed by atoms with E-state index in [9.17, 15) is 14.4 Å². The highest BCUT2D eigenvalue weighted by atomic mass is 19.1. The minimum atomic E-state index is -0.668. The van der Waals surface area contributed by atoms with Crippen molar-refractivity contribution in [1.29, 1.82) is 5.26 Å². The summed E-state index contributed by atoms with van der Waals surface area (Å²) in [4.78, 5) is 15.1. The van der Waals surface area contributed by atoms with Gasteiger partial charge in [-0.3, -0.25) is 9.48 Å². The second-order valence-corrected chi connectivity index (χ2v) is 5.39. The van der Waals surface area contributed by atoms with E-state index in [1.807, 2.05) is 0 Å². The Kier molecular flexibility index (Phi) is 4.39. The summed E-state index contributed by atoms with van der Waals surface area (Å²) in [6.07, 6.45) is 3.40. The third kappa shape index (κ3) is 3.18. The number of nitrogens with two attached hydrogens (primary N) is 1. The van der Waals surface area contributed by atoms with Crippen LogP contribution in [0, 0.1) is 23.2 Å². The van der Waals surface area contributed by atoms with E-state index < -0.39 is 11.9 Å². The highest BCUT2D eigenvalue weighted by Gasteiger charge is 2.29. The summed E-state index contributed by atoms with van der Waals surface area (Å²) < 4.78 is 20.1. The minimum Gasteiger partial charge on any atom is -0.380 e. The van der Waals surface area contributed by atoms with E-state index in [2.05, 4.69) is 21.5 Å². The van der Waals surface area contributed by atoms with E-state index in [-0.39, 0.29) is 23.3 Å². The number of ether oxygens (including phenoxy) is 1. The van der Waals surface area contributed by atoms with Crippen molar-refractivity contribution in [1.82, 2.24) is 14.8 Å². The monoisotopic (exact) mass is 330 g/mol. The number of aromatic nitrogens is 3. The van der Waals surface area contributed by atoms with Gasteiger partial charge in [0.25, 0.3) is 5.91 Å². The van der Waals surface area contributed by atoms with E-state index in [0.29, 0.717) is 25.3 Å². The van der Waals surface area contributed by atoms with Gasteiger partial charge in [0.2, 0.25) is 5.95 Å². The van der Waals surface area contributed by atoms with Crippen LogP contribution in [-0.2, 0) is 4.74 Å². The van der Waals surface area contributed by atoms with Gasteiger partial charge in [-0.2, -0.15) is 14.8 Å². The molecule has 0 aromatic carbocycles. The van der Waals surface area contributed by atoms with E-state index in [0.717, 1.165) is 0 Å². The van der Waals surface area contributed by atoms with Crippen molar-refractivity contribution in [2.45, 2.75) is 12.5 Å². The van der Waals surface area contributed by atoms with Gasteiger partial charge in [0.15, 0.2) is 5.82 Å². The molecule has 24 heavy (non-hydrogen) atoms. The van der Waals surface area contributed by atoms with E-state index >= 15 is 0 Å². The summed E-state index contributed by atoms with van der Waals surface area (Å²) in [6.45, 7) is 0.818. The quantitative estimate of drug-likeness (QED) is 0.817.